The van der Waals surface area contributed by atoms with Gasteiger partial charge in [-0.15, -0.1) is 0 Å². The van der Waals surface area contributed by atoms with Crippen molar-refractivity contribution in [1.29, 1.82) is 5.26 Å². The minimum Gasteiger partial charge on any atom is -0.319 e. The molecule has 0 amide bonds. The lowest BCUT2D eigenvalue weighted by molar-refractivity contribution is 0.350. The van der Waals surface area contributed by atoms with Crippen molar-refractivity contribution in [3.8, 4) is 6.07 Å². The van der Waals surface area contributed by atoms with Gasteiger partial charge in [-0.3, -0.25) is 4.79 Å². The van der Waals surface area contributed by atoms with Gasteiger partial charge in [0.25, 0.3) is 5.56 Å². The lowest BCUT2D eigenvalue weighted by Crippen LogP contribution is -2.39. The summed E-state index contributed by atoms with van der Waals surface area (Å²) < 4.78 is 27.1. The van der Waals surface area contributed by atoms with Crippen LogP contribution < -0.4 is 5.56 Å². The monoisotopic (exact) mass is 332 g/mol. The Morgan fingerprint density at radius 1 is 1.35 bits per heavy atom. The fourth-order valence-electron chi connectivity index (χ4n) is 2.99. The second-order valence-corrected chi connectivity index (χ2v) is 7.46. The molecule has 120 valence electrons. The van der Waals surface area contributed by atoms with Gasteiger partial charge in [-0.2, -0.15) is 9.57 Å². The number of benzene rings is 1. The minimum absolute atomic E-state index is 0.0895. The number of fused-ring (bicyclic) bond motifs is 1. The third kappa shape index (κ3) is 2.98. The van der Waals surface area contributed by atoms with Gasteiger partial charge < -0.3 is 4.98 Å². The highest BCUT2D eigenvalue weighted by Gasteiger charge is 2.33. The largest absolute Gasteiger partial charge is 0.319 e. The van der Waals surface area contributed by atoms with E-state index in [0.29, 0.717) is 11.0 Å². The van der Waals surface area contributed by atoms with Crippen molar-refractivity contribution in [2.24, 2.45) is 0 Å². The van der Waals surface area contributed by atoms with Crippen molar-refractivity contribution in [3.63, 3.8) is 0 Å². The normalized spacial score (nSPS) is 16.0. The summed E-state index contributed by atoms with van der Waals surface area (Å²) in [5.74, 6) is 0. The van der Waals surface area contributed by atoms with E-state index < -0.39 is 10.0 Å². The first-order valence-corrected chi connectivity index (χ1v) is 8.84. The van der Waals surface area contributed by atoms with Crippen LogP contribution in [0.5, 0.6) is 0 Å². The Morgan fingerprint density at radius 2 is 2.09 bits per heavy atom. The SMILES string of the molecule is N#CCN(C1CCCC1)S(=O)(=O)c1ccc2[nH]c(=O)cnc2c1. The summed E-state index contributed by atoms with van der Waals surface area (Å²) in [6.45, 7) is -0.163. The van der Waals surface area contributed by atoms with Gasteiger partial charge in [-0.05, 0) is 31.0 Å². The van der Waals surface area contributed by atoms with Gasteiger partial charge in [-0.1, -0.05) is 12.8 Å². The lowest BCUT2D eigenvalue weighted by atomic mass is 10.2. The average molecular weight is 332 g/mol. The number of nitrogens with one attached hydrogen (secondary N) is 1. The van der Waals surface area contributed by atoms with E-state index >= 15 is 0 Å². The van der Waals surface area contributed by atoms with Crippen LogP contribution in [0.15, 0.2) is 34.1 Å². The van der Waals surface area contributed by atoms with Gasteiger partial charge in [0.05, 0.1) is 28.2 Å². The number of hydrogen-bond acceptors (Lipinski definition) is 5. The van der Waals surface area contributed by atoms with Crippen LogP contribution in [-0.2, 0) is 10.0 Å². The smallest absolute Gasteiger partial charge is 0.266 e. The fourth-order valence-corrected chi connectivity index (χ4v) is 4.59. The highest BCUT2D eigenvalue weighted by molar-refractivity contribution is 7.89. The molecular formula is C15H16N4O3S. The maximum absolute atomic E-state index is 12.9. The van der Waals surface area contributed by atoms with Crippen molar-refractivity contribution in [1.82, 2.24) is 14.3 Å². The summed E-state index contributed by atoms with van der Waals surface area (Å²) >= 11 is 0. The van der Waals surface area contributed by atoms with Crippen LogP contribution in [-0.4, -0.2) is 35.3 Å². The molecule has 0 atom stereocenters. The maximum atomic E-state index is 12.9. The van der Waals surface area contributed by atoms with Gasteiger partial charge in [0.15, 0.2) is 0 Å². The van der Waals surface area contributed by atoms with Crippen molar-refractivity contribution < 1.29 is 8.42 Å². The summed E-state index contributed by atoms with van der Waals surface area (Å²) in [5.41, 5.74) is 0.531. The van der Waals surface area contributed by atoms with Crippen molar-refractivity contribution >= 4 is 21.1 Å². The number of H-pyrrole nitrogens is 1. The third-order valence-electron chi connectivity index (χ3n) is 4.11. The summed E-state index contributed by atoms with van der Waals surface area (Å²) in [6.07, 6.45) is 4.62. The van der Waals surface area contributed by atoms with Crippen molar-refractivity contribution in [3.05, 3.63) is 34.7 Å². The Kier molecular flexibility index (Phi) is 4.15. The number of sulfonamides is 1. The molecule has 3 rings (SSSR count). The van der Waals surface area contributed by atoms with Crippen LogP contribution in [0.1, 0.15) is 25.7 Å². The number of nitrogens with zero attached hydrogens (tertiary/aromatic N) is 3. The Labute approximate surface area is 133 Å². The van der Waals surface area contributed by atoms with Gasteiger partial charge in [-0.25, -0.2) is 13.4 Å². The molecule has 1 saturated carbocycles. The van der Waals surface area contributed by atoms with Crippen molar-refractivity contribution in [2.45, 2.75) is 36.6 Å². The summed E-state index contributed by atoms with van der Waals surface area (Å²) in [4.78, 5) is 17.9. The topological polar surface area (TPSA) is 107 Å². The number of rotatable bonds is 4. The highest BCUT2D eigenvalue weighted by atomic mass is 32.2. The van der Waals surface area contributed by atoms with E-state index in [0.717, 1.165) is 31.9 Å². The molecule has 1 heterocycles. The molecular weight excluding hydrogens is 316 g/mol. The maximum Gasteiger partial charge on any atom is 0.266 e. The molecule has 0 radical (unpaired) electrons. The summed E-state index contributed by atoms with van der Waals surface area (Å²) in [7, 11) is -3.77. The second-order valence-electron chi connectivity index (χ2n) is 5.57. The van der Waals surface area contributed by atoms with Crippen LogP contribution in [0.2, 0.25) is 0 Å². The molecule has 7 nitrogen and oxygen atoms in total. The number of aromatic nitrogens is 2. The standard InChI is InChI=1S/C15H16N4O3S/c16-7-8-19(11-3-1-2-4-11)23(21,22)12-5-6-13-14(9-12)17-10-15(20)18-13/h5-6,9-11H,1-4,8H2,(H,18,20). The lowest BCUT2D eigenvalue weighted by Gasteiger charge is -2.25. The van der Waals surface area contributed by atoms with E-state index in [2.05, 4.69) is 9.97 Å². The first-order chi connectivity index (χ1) is 11.0. The molecule has 1 N–H and O–H groups in total. The van der Waals surface area contributed by atoms with E-state index in [1.54, 1.807) is 0 Å². The Bertz CT molecular complexity index is 924. The van der Waals surface area contributed by atoms with Gasteiger partial charge in [0.2, 0.25) is 10.0 Å². The third-order valence-corrected chi connectivity index (χ3v) is 6.01. The summed E-state index contributed by atoms with van der Waals surface area (Å²) in [5, 5.41) is 9.00. The zero-order chi connectivity index (χ0) is 16.4. The predicted molar refractivity (Wildman–Crippen MR) is 84.1 cm³/mol. The molecule has 8 heteroatoms. The summed E-state index contributed by atoms with van der Waals surface area (Å²) in [6, 6.07) is 6.22. The van der Waals surface area contributed by atoms with Gasteiger partial charge in [0.1, 0.15) is 6.54 Å². The van der Waals surface area contributed by atoms with Crippen LogP contribution in [0, 0.1) is 11.3 Å². The zero-order valence-corrected chi connectivity index (χ0v) is 13.2. The molecule has 1 aliphatic carbocycles. The Balaban J connectivity index is 2.05. The van der Waals surface area contributed by atoms with Crippen LogP contribution in [0.3, 0.4) is 0 Å². The van der Waals surface area contributed by atoms with Crippen molar-refractivity contribution in [2.75, 3.05) is 6.54 Å². The molecule has 1 aromatic heterocycles. The van der Waals surface area contributed by atoms with Crippen LogP contribution in [0.25, 0.3) is 11.0 Å². The zero-order valence-electron chi connectivity index (χ0n) is 12.4. The van der Waals surface area contributed by atoms with Gasteiger partial charge in [0, 0.05) is 6.04 Å². The number of hydrogen-bond donors (Lipinski definition) is 1. The van der Waals surface area contributed by atoms with Gasteiger partial charge >= 0.3 is 0 Å². The Morgan fingerprint density at radius 3 is 2.78 bits per heavy atom. The first kappa shape index (κ1) is 15.6. The average Bonchev–Trinajstić information content (AvgIpc) is 3.05. The second kappa shape index (κ2) is 6.10. The molecule has 23 heavy (non-hydrogen) atoms. The quantitative estimate of drug-likeness (QED) is 0.851. The van der Waals surface area contributed by atoms with Crippen LogP contribution >= 0.6 is 0 Å². The molecule has 1 aromatic carbocycles. The van der Waals surface area contributed by atoms with Crippen LogP contribution in [0.4, 0.5) is 0 Å². The fraction of sp³-hybridized carbons (Fsp3) is 0.400. The molecule has 2 aromatic rings. The van der Waals surface area contributed by atoms with E-state index in [-0.39, 0.29) is 23.0 Å². The van der Waals surface area contributed by atoms with E-state index in [9.17, 15) is 13.2 Å². The number of aromatic amines is 1. The number of nitriles is 1. The highest BCUT2D eigenvalue weighted by Crippen LogP contribution is 2.29. The molecule has 0 saturated heterocycles. The molecule has 0 spiro atoms. The molecule has 0 bridgehead atoms. The predicted octanol–water partition coefficient (Wildman–Crippen LogP) is 1.38. The van der Waals surface area contributed by atoms with E-state index in [1.165, 1.54) is 22.5 Å². The molecule has 0 unspecified atom stereocenters. The Hall–Kier alpha value is -2.24. The molecule has 0 aliphatic heterocycles. The first-order valence-electron chi connectivity index (χ1n) is 7.40. The van der Waals surface area contributed by atoms with E-state index in [4.69, 9.17) is 5.26 Å². The molecule has 1 aliphatic rings. The molecule has 1 fully saturated rings. The van der Waals surface area contributed by atoms with E-state index in [1.807, 2.05) is 6.07 Å². The minimum atomic E-state index is -3.77.